The molecule has 0 amide bonds. The fourth-order valence-electron chi connectivity index (χ4n) is 2.24. The van der Waals surface area contributed by atoms with E-state index < -0.39 is 0 Å². The topological polar surface area (TPSA) is 42.1 Å². The van der Waals surface area contributed by atoms with Crippen molar-refractivity contribution < 1.29 is 0 Å². The van der Waals surface area contributed by atoms with Crippen LogP contribution in [-0.2, 0) is 6.42 Å². The monoisotopic (exact) mass is 205 g/mol. The molecule has 82 valence electrons. The van der Waals surface area contributed by atoms with Crippen molar-refractivity contribution in [1.29, 1.82) is 0 Å². The molecule has 1 fully saturated rings. The zero-order valence-electron chi connectivity index (χ0n) is 9.26. The molecule has 0 spiro atoms. The summed E-state index contributed by atoms with van der Waals surface area (Å²) in [6.07, 6.45) is 3.97. The second-order valence-corrected chi connectivity index (χ2v) is 4.50. The lowest BCUT2D eigenvalue weighted by Crippen LogP contribution is -2.46. The number of hydrogen-bond acceptors (Lipinski definition) is 3. The quantitative estimate of drug-likeness (QED) is 0.780. The van der Waals surface area contributed by atoms with Crippen LogP contribution in [0.15, 0.2) is 24.4 Å². The Bertz CT molecular complexity index is 299. The summed E-state index contributed by atoms with van der Waals surface area (Å²) in [6.45, 7) is 2.22. The number of aromatic nitrogens is 1. The van der Waals surface area contributed by atoms with Crippen molar-refractivity contribution in [3.63, 3.8) is 0 Å². The van der Waals surface area contributed by atoms with Gasteiger partial charge in [0.1, 0.15) is 0 Å². The number of nitrogens with two attached hydrogens (primary N) is 1. The van der Waals surface area contributed by atoms with E-state index in [1.54, 1.807) is 0 Å². The van der Waals surface area contributed by atoms with Crippen LogP contribution < -0.4 is 5.73 Å². The first-order valence-electron chi connectivity index (χ1n) is 5.60. The van der Waals surface area contributed by atoms with Gasteiger partial charge >= 0.3 is 0 Å². The summed E-state index contributed by atoms with van der Waals surface area (Å²) in [5.74, 6) is 0.554. The van der Waals surface area contributed by atoms with Gasteiger partial charge in [0.15, 0.2) is 0 Å². The Morgan fingerprint density at radius 2 is 2.40 bits per heavy atom. The normalized spacial score (nSPS) is 27.9. The van der Waals surface area contributed by atoms with Crippen LogP contribution >= 0.6 is 0 Å². The van der Waals surface area contributed by atoms with Gasteiger partial charge in [0.2, 0.25) is 0 Å². The molecule has 0 unspecified atom stereocenters. The SMILES string of the molecule is CN1CC[C@@H](N)[C@@H](Cc2ccccn2)C1. The van der Waals surface area contributed by atoms with Crippen LogP contribution in [0.5, 0.6) is 0 Å². The second-order valence-electron chi connectivity index (χ2n) is 4.50. The van der Waals surface area contributed by atoms with Crippen molar-refractivity contribution in [2.75, 3.05) is 20.1 Å². The highest BCUT2D eigenvalue weighted by Gasteiger charge is 2.24. The largest absolute Gasteiger partial charge is 0.327 e. The Labute approximate surface area is 91.3 Å². The van der Waals surface area contributed by atoms with E-state index in [4.69, 9.17) is 5.73 Å². The molecule has 0 aromatic carbocycles. The minimum atomic E-state index is 0.336. The lowest BCUT2D eigenvalue weighted by molar-refractivity contribution is 0.184. The first kappa shape index (κ1) is 10.6. The standard InChI is InChI=1S/C12H19N3/c1-15-7-5-12(13)10(9-15)8-11-4-2-3-6-14-11/h2-4,6,10,12H,5,7-9,13H2,1H3/t10-,12+/m0/s1. The maximum Gasteiger partial charge on any atom is 0.0407 e. The summed E-state index contributed by atoms with van der Waals surface area (Å²) >= 11 is 0. The number of rotatable bonds is 2. The summed E-state index contributed by atoms with van der Waals surface area (Å²) in [4.78, 5) is 6.72. The molecule has 2 heterocycles. The van der Waals surface area contributed by atoms with Crippen LogP contribution in [0, 0.1) is 5.92 Å². The average Bonchev–Trinajstić information content (AvgIpc) is 2.25. The van der Waals surface area contributed by atoms with E-state index in [0.29, 0.717) is 12.0 Å². The molecule has 1 aromatic rings. The second kappa shape index (κ2) is 4.73. The number of pyridine rings is 1. The third kappa shape index (κ3) is 2.76. The van der Waals surface area contributed by atoms with Crippen LogP contribution in [0.1, 0.15) is 12.1 Å². The Balaban J connectivity index is 1.98. The van der Waals surface area contributed by atoms with Gasteiger partial charge in [-0.2, -0.15) is 0 Å². The lowest BCUT2D eigenvalue weighted by atomic mass is 9.89. The minimum absolute atomic E-state index is 0.336. The highest BCUT2D eigenvalue weighted by atomic mass is 15.1. The van der Waals surface area contributed by atoms with Crippen LogP contribution in [0.4, 0.5) is 0 Å². The van der Waals surface area contributed by atoms with Gasteiger partial charge in [-0.25, -0.2) is 0 Å². The third-order valence-corrected chi connectivity index (χ3v) is 3.19. The van der Waals surface area contributed by atoms with Crippen LogP contribution in [-0.4, -0.2) is 36.1 Å². The van der Waals surface area contributed by atoms with E-state index in [9.17, 15) is 0 Å². The first-order valence-corrected chi connectivity index (χ1v) is 5.60. The predicted octanol–water partition coefficient (Wildman–Crippen LogP) is 0.903. The van der Waals surface area contributed by atoms with E-state index in [1.807, 2.05) is 18.3 Å². The Hall–Kier alpha value is -0.930. The summed E-state index contributed by atoms with van der Waals surface area (Å²) in [6, 6.07) is 6.42. The molecule has 2 atom stereocenters. The van der Waals surface area contributed by atoms with Gasteiger partial charge in [0.25, 0.3) is 0 Å². The van der Waals surface area contributed by atoms with Gasteiger partial charge in [-0.15, -0.1) is 0 Å². The van der Waals surface area contributed by atoms with Crippen LogP contribution in [0.2, 0.25) is 0 Å². The maximum absolute atomic E-state index is 6.13. The molecule has 0 bridgehead atoms. The number of likely N-dealkylation sites (tertiary alicyclic amines) is 1. The van der Waals surface area contributed by atoms with Gasteiger partial charge in [-0.3, -0.25) is 4.98 Å². The summed E-state index contributed by atoms with van der Waals surface area (Å²) in [5, 5.41) is 0. The smallest absolute Gasteiger partial charge is 0.0407 e. The highest BCUT2D eigenvalue weighted by molar-refractivity contribution is 5.05. The summed E-state index contributed by atoms with van der Waals surface area (Å²) in [5.41, 5.74) is 7.30. The molecule has 1 aromatic heterocycles. The van der Waals surface area contributed by atoms with E-state index in [0.717, 1.165) is 31.6 Å². The molecule has 0 radical (unpaired) electrons. The molecule has 3 heteroatoms. The van der Waals surface area contributed by atoms with Gasteiger partial charge in [0.05, 0.1) is 0 Å². The zero-order valence-corrected chi connectivity index (χ0v) is 9.26. The van der Waals surface area contributed by atoms with E-state index in [1.165, 1.54) is 0 Å². The molecule has 2 rings (SSSR count). The molecule has 0 saturated carbocycles. The molecule has 3 nitrogen and oxygen atoms in total. The molecule has 2 N–H and O–H groups in total. The van der Waals surface area contributed by atoms with Crippen molar-refractivity contribution in [3.8, 4) is 0 Å². The third-order valence-electron chi connectivity index (χ3n) is 3.19. The Morgan fingerprint density at radius 1 is 1.53 bits per heavy atom. The maximum atomic E-state index is 6.13. The molecule has 1 aliphatic rings. The van der Waals surface area contributed by atoms with Gasteiger partial charge in [-0.1, -0.05) is 6.07 Å². The first-order chi connectivity index (χ1) is 7.25. The van der Waals surface area contributed by atoms with Crippen molar-refractivity contribution in [2.24, 2.45) is 11.7 Å². The fourth-order valence-corrected chi connectivity index (χ4v) is 2.24. The van der Waals surface area contributed by atoms with Crippen LogP contribution in [0.25, 0.3) is 0 Å². The molecule has 15 heavy (non-hydrogen) atoms. The highest BCUT2D eigenvalue weighted by Crippen LogP contribution is 2.18. The molecular formula is C12H19N3. The van der Waals surface area contributed by atoms with Crippen molar-refractivity contribution in [1.82, 2.24) is 9.88 Å². The average molecular weight is 205 g/mol. The number of hydrogen-bond donors (Lipinski definition) is 1. The van der Waals surface area contributed by atoms with Gasteiger partial charge < -0.3 is 10.6 Å². The van der Waals surface area contributed by atoms with Gasteiger partial charge in [-0.05, 0) is 44.5 Å². The van der Waals surface area contributed by atoms with E-state index in [-0.39, 0.29) is 0 Å². The van der Waals surface area contributed by atoms with E-state index >= 15 is 0 Å². The molecule has 1 saturated heterocycles. The number of nitrogens with zero attached hydrogens (tertiary/aromatic N) is 2. The number of piperidine rings is 1. The lowest BCUT2D eigenvalue weighted by Gasteiger charge is -2.34. The van der Waals surface area contributed by atoms with Gasteiger partial charge in [0, 0.05) is 24.5 Å². The van der Waals surface area contributed by atoms with Crippen molar-refractivity contribution >= 4 is 0 Å². The molecule has 1 aliphatic heterocycles. The minimum Gasteiger partial charge on any atom is -0.327 e. The molecule has 0 aliphatic carbocycles. The van der Waals surface area contributed by atoms with E-state index in [2.05, 4.69) is 23.0 Å². The summed E-state index contributed by atoms with van der Waals surface area (Å²) in [7, 11) is 2.16. The zero-order chi connectivity index (χ0) is 10.7. The molecular weight excluding hydrogens is 186 g/mol. The Morgan fingerprint density at radius 3 is 3.13 bits per heavy atom. The predicted molar refractivity (Wildman–Crippen MR) is 61.5 cm³/mol. The van der Waals surface area contributed by atoms with Crippen molar-refractivity contribution in [3.05, 3.63) is 30.1 Å². The Kier molecular flexibility index (Phi) is 3.34. The summed E-state index contributed by atoms with van der Waals surface area (Å²) < 4.78 is 0. The van der Waals surface area contributed by atoms with Crippen LogP contribution in [0.3, 0.4) is 0 Å². The van der Waals surface area contributed by atoms with Crippen molar-refractivity contribution in [2.45, 2.75) is 18.9 Å². The fraction of sp³-hybridized carbons (Fsp3) is 0.583.